The van der Waals surface area contributed by atoms with Gasteiger partial charge in [-0.3, -0.25) is 0 Å². The topological polar surface area (TPSA) is 29.9 Å². The number of benzene rings is 1. The molecular weight excluding hydrogens is 218 g/mol. The highest BCUT2D eigenvalue weighted by Crippen LogP contribution is 2.22. The molecule has 3 nitrogen and oxygen atoms in total. The van der Waals surface area contributed by atoms with Crippen LogP contribution in [0.2, 0.25) is 0 Å². The molecule has 84 valence electrons. The van der Waals surface area contributed by atoms with Crippen LogP contribution < -0.4 is 5.32 Å². The summed E-state index contributed by atoms with van der Waals surface area (Å²) in [4.78, 5) is 1.24. The Morgan fingerprint density at radius 3 is 2.88 bits per heavy atom. The number of aromatic nitrogens is 2. The summed E-state index contributed by atoms with van der Waals surface area (Å²) in [5.74, 6) is 0. The van der Waals surface area contributed by atoms with Crippen molar-refractivity contribution in [1.82, 2.24) is 15.1 Å². The fourth-order valence-electron chi connectivity index (χ4n) is 1.59. The summed E-state index contributed by atoms with van der Waals surface area (Å²) in [5, 5.41) is 7.62. The zero-order valence-electron chi connectivity index (χ0n) is 9.47. The van der Waals surface area contributed by atoms with E-state index in [1.165, 1.54) is 4.90 Å². The summed E-state index contributed by atoms with van der Waals surface area (Å²) in [6.07, 6.45) is 4.08. The molecule has 0 unspecified atom stereocenters. The normalized spacial score (nSPS) is 10.6. The fourth-order valence-corrected chi connectivity index (χ4v) is 2.18. The summed E-state index contributed by atoms with van der Waals surface area (Å²) in [6, 6.07) is 10.3. The molecule has 0 spiro atoms. The lowest BCUT2D eigenvalue weighted by Gasteiger charge is -2.06. The number of rotatable bonds is 4. The van der Waals surface area contributed by atoms with Crippen LogP contribution in [0.25, 0.3) is 5.69 Å². The maximum atomic E-state index is 4.52. The summed E-state index contributed by atoms with van der Waals surface area (Å²) < 4.78 is 1.93. The van der Waals surface area contributed by atoms with Crippen molar-refractivity contribution in [2.24, 2.45) is 0 Å². The van der Waals surface area contributed by atoms with Gasteiger partial charge in [-0.15, -0.1) is 11.8 Å². The van der Waals surface area contributed by atoms with Crippen LogP contribution in [-0.4, -0.2) is 23.1 Å². The molecule has 1 heterocycles. The second-order valence-electron chi connectivity index (χ2n) is 3.45. The number of thioether (sulfide) groups is 1. The number of hydrogen-bond donors (Lipinski definition) is 1. The van der Waals surface area contributed by atoms with E-state index in [0.29, 0.717) is 0 Å². The van der Waals surface area contributed by atoms with E-state index in [4.69, 9.17) is 0 Å². The Morgan fingerprint density at radius 2 is 2.12 bits per heavy atom. The molecule has 2 aromatic rings. The summed E-state index contributed by atoms with van der Waals surface area (Å²) in [5.41, 5.74) is 2.19. The van der Waals surface area contributed by atoms with Crippen molar-refractivity contribution < 1.29 is 0 Å². The van der Waals surface area contributed by atoms with Gasteiger partial charge in [0.2, 0.25) is 0 Å². The van der Waals surface area contributed by atoms with Gasteiger partial charge in [0.15, 0.2) is 0 Å². The van der Waals surface area contributed by atoms with Crippen molar-refractivity contribution in [3.63, 3.8) is 0 Å². The summed E-state index contributed by atoms with van der Waals surface area (Å²) in [7, 11) is 1.93. The molecule has 1 aromatic heterocycles. The molecule has 0 fully saturated rings. The van der Waals surface area contributed by atoms with Crippen molar-refractivity contribution in [1.29, 1.82) is 0 Å². The molecule has 0 aliphatic carbocycles. The highest BCUT2D eigenvalue weighted by Gasteiger charge is 2.04. The number of hydrogen-bond acceptors (Lipinski definition) is 3. The molecule has 0 amide bonds. The molecule has 0 bridgehead atoms. The van der Waals surface area contributed by atoms with Crippen molar-refractivity contribution in [3.05, 3.63) is 42.2 Å². The van der Waals surface area contributed by atoms with E-state index < -0.39 is 0 Å². The van der Waals surface area contributed by atoms with E-state index in [1.807, 2.05) is 36.1 Å². The third-order valence-corrected chi connectivity index (χ3v) is 3.12. The van der Waals surface area contributed by atoms with Gasteiger partial charge in [0.1, 0.15) is 0 Å². The standard InChI is InChI=1S/C12H15N3S/c1-13-9-10-7-8-15(14-10)11-5-3-4-6-12(11)16-2/h3-8,13H,9H2,1-2H3. The fraction of sp³-hybridized carbons (Fsp3) is 0.250. The average molecular weight is 233 g/mol. The Morgan fingerprint density at radius 1 is 1.31 bits per heavy atom. The Hall–Kier alpha value is -1.26. The Kier molecular flexibility index (Phi) is 3.64. The first-order valence-electron chi connectivity index (χ1n) is 5.17. The lowest BCUT2D eigenvalue weighted by molar-refractivity contribution is 0.753. The molecule has 2 rings (SSSR count). The molecule has 1 aromatic carbocycles. The first-order valence-corrected chi connectivity index (χ1v) is 6.40. The van der Waals surface area contributed by atoms with E-state index >= 15 is 0 Å². The second-order valence-corrected chi connectivity index (χ2v) is 4.30. The van der Waals surface area contributed by atoms with Crippen LogP contribution in [0.1, 0.15) is 5.69 Å². The highest BCUT2D eigenvalue weighted by molar-refractivity contribution is 7.98. The number of nitrogens with one attached hydrogen (secondary N) is 1. The molecule has 0 saturated heterocycles. The first kappa shape index (κ1) is 11.2. The zero-order chi connectivity index (χ0) is 11.4. The van der Waals surface area contributed by atoms with Gasteiger partial charge < -0.3 is 5.32 Å². The first-order chi connectivity index (χ1) is 7.85. The molecule has 0 aliphatic rings. The van der Waals surface area contributed by atoms with Crippen LogP contribution in [-0.2, 0) is 6.54 Å². The van der Waals surface area contributed by atoms with Crippen molar-refractivity contribution >= 4 is 11.8 Å². The SMILES string of the molecule is CNCc1ccn(-c2ccccc2SC)n1. The molecule has 0 aliphatic heterocycles. The Balaban J connectivity index is 2.34. The van der Waals surface area contributed by atoms with Crippen LogP contribution in [0.3, 0.4) is 0 Å². The van der Waals surface area contributed by atoms with Gasteiger partial charge >= 0.3 is 0 Å². The lowest BCUT2D eigenvalue weighted by atomic mass is 10.3. The predicted molar refractivity (Wildman–Crippen MR) is 68.1 cm³/mol. The molecule has 1 N–H and O–H groups in total. The van der Waals surface area contributed by atoms with Gasteiger partial charge in [-0.05, 0) is 31.5 Å². The maximum Gasteiger partial charge on any atom is 0.0781 e. The van der Waals surface area contributed by atoms with Gasteiger partial charge in [-0.2, -0.15) is 5.10 Å². The van der Waals surface area contributed by atoms with Gasteiger partial charge in [0.05, 0.1) is 11.4 Å². The quantitative estimate of drug-likeness (QED) is 0.822. The van der Waals surface area contributed by atoms with E-state index in [-0.39, 0.29) is 0 Å². The monoisotopic (exact) mass is 233 g/mol. The third kappa shape index (κ3) is 2.28. The van der Waals surface area contributed by atoms with E-state index in [0.717, 1.165) is 17.9 Å². The molecule has 0 radical (unpaired) electrons. The molecule has 4 heteroatoms. The number of nitrogens with zero attached hydrogens (tertiary/aromatic N) is 2. The lowest BCUT2D eigenvalue weighted by Crippen LogP contribution is -2.06. The van der Waals surface area contributed by atoms with Gasteiger partial charge in [0.25, 0.3) is 0 Å². The van der Waals surface area contributed by atoms with Gasteiger partial charge in [-0.25, -0.2) is 4.68 Å². The molecule has 16 heavy (non-hydrogen) atoms. The average Bonchev–Trinajstić information content (AvgIpc) is 2.78. The zero-order valence-corrected chi connectivity index (χ0v) is 10.3. The Labute approximate surface area is 99.9 Å². The summed E-state index contributed by atoms with van der Waals surface area (Å²) in [6.45, 7) is 0.800. The minimum absolute atomic E-state index is 0.800. The van der Waals surface area contributed by atoms with Crippen LogP contribution >= 0.6 is 11.8 Å². The van der Waals surface area contributed by atoms with Gasteiger partial charge in [-0.1, -0.05) is 12.1 Å². The summed E-state index contributed by atoms with van der Waals surface area (Å²) >= 11 is 1.74. The van der Waals surface area contributed by atoms with Crippen LogP contribution in [0.15, 0.2) is 41.4 Å². The van der Waals surface area contributed by atoms with E-state index in [2.05, 4.69) is 28.8 Å². The molecule has 0 saturated carbocycles. The molecule has 0 atom stereocenters. The largest absolute Gasteiger partial charge is 0.314 e. The number of para-hydroxylation sites is 1. The van der Waals surface area contributed by atoms with Crippen molar-refractivity contribution in [3.8, 4) is 5.69 Å². The van der Waals surface area contributed by atoms with Gasteiger partial charge in [0, 0.05) is 17.6 Å². The highest BCUT2D eigenvalue weighted by atomic mass is 32.2. The Bertz CT molecular complexity index is 465. The minimum atomic E-state index is 0.800. The second kappa shape index (κ2) is 5.18. The van der Waals surface area contributed by atoms with Crippen LogP contribution in [0.4, 0.5) is 0 Å². The maximum absolute atomic E-state index is 4.52. The van der Waals surface area contributed by atoms with E-state index in [9.17, 15) is 0 Å². The van der Waals surface area contributed by atoms with Crippen molar-refractivity contribution in [2.75, 3.05) is 13.3 Å². The smallest absolute Gasteiger partial charge is 0.0781 e. The van der Waals surface area contributed by atoms with Crippen molar-refractivity contribution in [2.45, 2.75) is 11.4 Å². The van der Waals surface area contributed by atoms with Crippen LogP contribution in [0.5, 0.6) is 0 Å². The predicted octanol–water partition coefficient (Wildman–Crippen LogP) is 2.31. The third-order valence-electron chi connectivity index (χ3n) is 2.33. The van der Waals surface area contributed by atoms with Crippen LogP contribution in [0, 0.1) is 0 Å². The minimum Gasteiger partial charge on any atom is -0.314 e. The van der Waals surface area contributed by atoms with E-state index in [1.54, 1.807) is 11.8 Å². The molecular formula is C12H15N3S.